The van der Waals surface area contributed by atoms with E-state index in [1.807, 2.05) is 30.3 Å². The van der Waals surface area contributed by atoms with Crippen LogP contribution in [0, 0.1) is 12.7 Å². The van der Waals surface area contributed by atoms with Gasteiger partial charge in [0.25, 0.3) is 0 Å². The molecule has 3 heteroatoms. The van der Waals surface area contributed by atoms with E-state index in [0.717, 1.165) is 5.56 Å². The summed E-state index contributed by atoms with van der Waals surface area (Å²) in [6, 6.07) is 13.8. The van der Waals surface area contributed by atoms with Gasteiger partial charge in [-0.2, -0.15) is 0 Å². The second-order valence-electron chi connectivity index (χ2n) is 4.19. The van der Waals surface area contributed by atoms with Crippen LogP contribution in [0.15, 0.2) is 54.6 Å². The zero-order chi connectivity index (χ0) is 13.7. The van der Waals surface area contributed by atoms with Crippen LogP contribution < -0.4 is 5.32 Å². The van der Waals surface area contributed by atoms with E-state index in [1.165, 1.54) is 18.2 Å². The highest BCUT2D eigenvalue weighted by atomic mass is 19.1. The minimum Gasteiger partial charge on any atom is -0.322 e. The SMILES string of the molecule is Cc1cc(F)ccc1NC(=O)/C=C/c1ccccc1. The quantitative estimate of drug-likeness (QED) is 0.831. The van der Waals surface area contributed by atoms with Gasteiger partial charge in [0, 0.05) is 11.8 Å². The van der Waals surface area contributed by atoms with Gasteiger partial charge >= 0.3 is 0 Å². The topological polar surface area (TPSA) is 29.1 Å². The number of carbonyl (C=O) groups is 1. The van der Waals surface area contributed by atoms with E-state index in [0.29, 0.717) is 11.3 Å². The number of rotatable bonds is 3. The first-order valence-corrected chi connectivity index (χ1v) is 5.95. The van der Waals surface area contributed by atoms with Gasteiger partial charge in [-0.05, 0) is 42.3 Å². The summed E-state index contributed by atoms with van der Waals surface area (Å²) in [4.78, 5) is 11.7. The molecule has 1 N–H and O–H groups in total. The lowest BCUT2D eigenvalue weighted by Crippen LogP contribution is -2.08. The molecule has 2 aromatic rings. The Kier molecular flexibility index (Phi) is 4.08. The van der Waals surface area contributed by atoms with Crippen LogP contribution in [0.25, 0.3) is 6.08 Å². The van der Waals surface area contributed by atoms with Crippen molar-refractivity contribution in [2.75, 3.05) is 5.32 Å². The number of hydrogen-bond acceptors (Lipinski definition) is 1. The van der Waals surface area contributed by atoms with Gasteiger partial charge in [0.05, 0.1) is 0 Å². The summed E-state index contributed by atoms with van der Waals surface area (Å²) in [6.07, 6.45) is 3.19. The van der Waals surface area contributed by atoms with Crippen molar-refractivity contribution in [2.24, 2.45) is 0 Å². The number of anilines is 1. The molecule has 2 aromatic carbocycles. The molecule has 0 fully saturated rings. The Morgan fingerprint density at radius 2 is 1.89 bits per heavy atom. The molecular weight excluding hydrogens is 241 g/mol. The molecule has 0 spiro atoms. The fourth-order valence-electron chi connectivity index (χ4n) is 1.68. The van der Waals surface area contributed by atoms with Crippen LogP contribution in [0.4, 0.5) is 10.1 Å². The average Bonchev–Trinajstić information content (AvgIpc) is 2.41. The Morgan fingerprint density at radius 1 is 1.16 bits per heavy atom. The molecule has 0 saturated carbocycles. The summed E-state index contributed by atoms with van der Waals surface area (Å²) in [6.45, 7) is 1.75. The van der Waals surface area contributed by atoms with E-state index in [9.17, 15) is 9.18 Å². The summed E-state index contributed by atoms with van der Waals surface area (Å²) in [5, 5.41) is 2.72. The number of carbonyl (C=O) groups excluding carboxylic acids is 1. The number of halogens is 1. The van der Waals surface area contributed by atoms with Crippen LogP contribution in [-0.2, 0) is 4.79 Å². The fraction of sp³-hybridized carbons (Fsp3) is 0.0625. The van der Waals surface area contributed by atoms with Crippen molar-refractivity contribution in [3.05, 3.63) is 71.6 Å². The van der Waals surface area contributed by atoms with Crippen LogP contribution in [0.3, 0.4) is 0 Å². The first-order valence-electron chi connectivity index (χ1n) is 5.95. The lowest BCUT2D eigenvalue weighted by Gasteiger charge is -2.05. The van der Waals surface area contributed by atoms with E-state index in [2.05, 4.69) is 5.32 Å². The Bertz CT molecular complexity index is 605. The zero-order valence-corrected chi connectivity index (χ0v) is 10.6. The molecule has 0 aliphatic rings. The van der Waals surface area contributed by atoms with Crippen LogP contribution in [-0.4, -0.2) is 5.91 Å². The molecule has 19 heavy (non-hydrogen) atoms. The molecule has 0 bridgehead atoms. The number of hydrogen-bond donors (Lipinski definition) is 1. The molecule has 0 unspecified atom stereocenters. The third-order valence-electron chi connectivity index (χ3n) is 2.67. The third kappa shape index (κ3) is 3.78. The van der Waals surface area contributed by atoms with Gasteiger partial charge in [-0.25, -0.2) is 4.39 Å². The van der Waals surface area contributed by atoms with Gasteiger partial charge in [0.15, 0.2) is 0 Å². The molecule has 0 radical (unpaired) electrons. The number of aryl methyl sites for hydroxylation is 1. The summed E-state index contributed by atoms with van der Waals surface area (Å²) in [5.41, 5.74) is 2.26. The second kappa shape index (κ2) is 5.96. The largest absolute Gasteiger partial charge is 0.322 e. The van der Waals surface area contributed by atoms with Crippen molar-refractivity contribution in [1.82, 2.24) is 0 Å². The molecule has 0 aromatic heterocycles. The molecule has 2 nitrogen and oxygen atoms in total. The van der Waals surface area contributed by atoms with E-state index >= 15 is 0 Å². The molecule has 96 valence electrons. The lowest BCUT2D eigenvalue weighted by molar-refractivity contribution is -0.111. The Hall–Kier alpha value is -2.42. The van der Waals surface area contributed by atoms with Crippen molar-refractivity contribution in [1.29, 1.82) is 0 Å². The van der Waals surface area contributed by atoms with Gasteiger partial charge in [0.1, 0.15) is 5.82 Å². The first-order chi connectivity index (χ1) is 9.15. The second-order valence-corrected chi connectivity index (χ2v) is 4.19. The average molecular weight is 255 g/mol. The molecule has 0 aliphatic carbocycles. The molecule has 0 aliphatic heterocycles. The van der Waals surface area contributed by atoms with Crippen molar-refractivity contribution in [3.63, 3.8) is 0 Å². The highest BCUT2D eigenvalue weighted by Gasteiger charge is 2.02. The van der Waals surface area contributed by atoms with E-state index < -0.39 is 0 Å². The summed E-state index contributed by atoms with van der Waals surface area (Å²) in [7, 11) is 0. The zero-order valence-electron chi connectivity index (χ0n) is 10.6. The van der Waals surface area contributed by atoms with Gasteiger partial charge in [-0.1, -0.05) is 30.3 Å². The van der Waals surface area contributed by atoms with Crippen LogP contribution in [0.5, 0.6) is 0 Å². The molecule has 2 rings (SSSR count). The Morgan fingerprint density at radius 3 is 2.58 bits per heavy atom. The van der Waals surface area contributed by atoms with Crippen molar-refractivity contribution in [2.45, 2.75) is 6.92 Å². The number of nitrogens with one attached hydrogen (secondary N) is 1. The monoisotopic (exact) mass is 255 g/mol. The maximum atomic E-state index is 12.9. The summed E-state index contributed by atoms with van der Waals surface area (Å²) in [5.74, 6) is -0.547. The first kappa shape index (κ1) is 13.0. The standard InChI is InChI=1S/C16H14FNO/c1-12-11-14(17)8-9-15(12)18-16(19)10-7-13-5-3-2-4-6-13/h2-11H,1H3,(H,18,19)/b10-7+. The molecule has 0 heterocycles. The Balaban J connectivity index is 2.04. The van der Waals surface area contributed by atoms with Crippen LogP contribution in [0.1, 0.15) is 11.1 Å². The van der Waals surface area contributed by atoms with E-state index in [1.54, 1.807) is 19.1 Å². The van der Waals surface area contributed by atoms with Crippen LogP contribution >= 0.6 is 0 Å². The van der Waals surface area contributed by atoms with Crippen molar-refractivity contribution < 1.29 is 9.18 Å². The maximum absolute atomic E-state index is 12.9. The van der Waals surface area contributed by atoms with Gasteiger partial charge in [-0.3, -0.25) is 4.79 Å². The van der Waals surface area contributed by atoms with Gasteiger partial charge in [0.2, 0.25) is 5.91 Å². The van der Waals surface area contributed by atoms with Crippen molar-refractivity contribution in [3.8, 4) is 0 Å². The van der Waals surface area contributed by atoms with Crippen molar-refractivity contribution >= 4 is 17.7 Å². The Labute approximate surface area is 111 Å². The molecule has 0 atom stereocenters. The number of amides is 1. The summed E-state index contributed by atoms with van der Waals surface area (Å²) >= 11 is 0. The highest BCUT2D eigenvalue weighted by Crippen LogP contribution is 2.15. The molecular formula is C16H14FNO. The maximum Gasteiger partial charge on any atom is 0.248 e. The molecule has 1 amide bonds. The predicted molar refractivity (Wildman–Crippen MR) is 75.2 cm³/mol. The van der Waals surface area contributed by atoms with Gasteiger partial charge in [-0.15, -0.1) is 0 Å². The predicted octanol–water partition coefficient (Wildman–Crippen LogP) is 3.79. The normalized spacial score (nSPS) is 10.6. The minimum atomic E-state index is -0.310. The smallest absolute Gasteiger partial charge is 0.248 e. The van der Waals surface area contributed by atoms with Gasteiger partial charge < -0.3 is 5.32 Å². The highest BCUT2D eigenvalue weighted by molar-refractivity contribution is 6.02. The lowest BCUT2D eigenvalue weighted by atomic mass is 10.2. The van der Waals surface area contributed by atoms with Crippen LogP contribution in [0.2, 0.25) is 0 Å². The molecule has 0 saturated heterocycles. The van der Waals surface area contributed by atoms with E-state index in [4.69, 9.17) is 0 Å². The minimum absolute atomic E-state index is 0.237. The fourth-order valence-corrected chi connectivity index (χ4v) is 1.68. The summed E-state index contributed by atoms with van der Waals surface area (Å²) < 4.78 is 12.9. The third-order valence-corrected chi connectivity index (χ3v) is 2.67. The number of benzene rings is 2. The van der Waals surface area contributed by atoms with E-state index in [-0.39, 0.29) is 11.7 Å².